The summed E-state index contributed by atoms with van der Waals surface area (Å²) < 4.78 is 13.4. The van der Waals surface area contributed by atoms with E-state index in [1.165, 1.54) is 0 Å². The molecular weight excluding hydrogens is 382 g/mol. The van der Waals surface area contributed by atoms with E-state index < -0.39 is 0 Å². The van der Waals surface area contributed by atoms with Crippen molar-refractivity contribution in [3.63, 3.8) is 0 Å². The van der Waals surface area contributed by atoms with Gasteiger partial charge in [-0.25, -0.2) is 0 Å². The van der Waals surface area contributed by atoms with Gasteiger partial charge in [0.1, 0.15) is 0 Å². The van der Waals surface area contributed by atoms with Gasteiger partial charge in [0, 0.05) is 29.7 Å². The number of nitrogens with zero attached hydrogens (tertiary/aromatic N) is 1. The van der Waals surface area contributed by atoms with E-state index >= 15 is 0 Å². The van der Waals surface area contributed by atoms with E-state index in [2.05, 4.69) is 15.9 Å². The molecule has 3 rings (SSSR count). The average Bonchev–Trinajstić information content (AvgIpc) is 2.96. The molecule has 1 aromatic heterocycles. The lowest BCUT2D eigenvalue weighted by Gasteiger charge is -2.10. The van der Waals surface area contributed by atoms with Crippen molar-refractivity contribution in [2.45, 2.75) is 0 Å². The van der Waals surface area contributed by atoms with Gasteiger partial charge in [0.2, 0.25) is 0 Å². The topological polar surface area (TPSA) is 40.5 Å². The summed E-state index contributed by atoms with van der Waals surface area (Å²) in [7, 11) is 5.11. The van der Waals surface area contributed by atoms with Crippen molar-refractivity contribution in [2.24, 2.45) is 7.05 Å². The Morgan fingerprint density at radius 1 is 1.16 bits per heavy atom. The predicted molar refractivity (Wildman–Crippen MR) is 104 cm³/mol. The highest BCUT2D eigenvalue weighted by Gasteiger charge is 2.12. The standard InChI is InChI=1S/C20H18BrNO3/c1-22-12-15(14-6-4-5-7-17(14)22)18(23)9-8-13-10-16(21)20(25-3)19(11-13)24-2/h4-12H,1-3H3/b9-8+. The first-order chi connectivity index (χ1) is 12.0. The predicted octanol–water partition coefficient (Wildman–Crippen LogP) is 4.85. The molecule has 0 saturated carbocycles. The number of aryl methyl sites for hydroxylation is 1. The second-order valence-electron chi connectivity index (χ2n) is 5.61. The molecule has 0 amide bonds. The molecule has 1 heterocycles. The molecule has 5 heteroatoms. The Hall–Kier alpha value is -2.53. The fourth-order valence-corrected chi connectivity index (χ4v) is 3.46. The minimum Gasteiger partial charge on any atom is -0.493 e. The molecule has 0 atom stereocenters. The molecule has 0 saturated heterocycles. The zero-order chi connectivity index (χ0) is 18.0. The highest BCUT2D eigenvalue weighted by Crippen LogP contribution is 2.36. The van der Waals surface area contributed by atoms with Gasteiger partial charge in [-0.15, -0.1) is 0 Å². The molecule has 0 radical (unpaired) electrons. The van der Waals surface area contributed by atoms with Crippen LogP contribution in [0.2, 0.25) is 0 Å². The van der Waals surface area contributed by atoms with Crippen molar-refractivity contribution in [3.8, 4) is 11.5 Å². The number of rotatable bonds is 5. The van der Waals surface area contributed by atoms with Gasteiger partial charge in [-0.05, 0) is 45.8 Å². The fraction of sp³-hybridized carbons (Fsp3) is 0.150. The van der Waals surface area contributed by atoms with Gasteiger partial charge < -0.3 is 14.0 Å². The summed E-state index contributed by atoms with van der Waals surface area (Å²) in [5, 5.41) is 0.952. The van der Waals surface area contributed by atoms with Crippen molar-refractivity contribution in [3.05, 3.63) is 64.3 Å². The molecule has 0 spiro atoms. The van der Waals surface area contributed by atoms with E-state index in [-0.39, 0.29) is 5.78 Å². The number of hydrogen-bond acceptors (Lipinski definition) is 3. The molecule has 3 aromatic rings. The van der Waals surface area contributed by atoms with Crippen LogP contribution in [-0.4, -0.2) is 24.6 Å². The zero-order valence-electron chi connectivity index (χ0n) is 14.2. The summed E-state index contributed by atoms with van der Waals surface area (Å²) in [5.74, 6) is 1.19. The number of fused-ring (bicyclic) bond motifs is 1. The van der Waals surface area contributed by atoms with Gasteiger partial charge in [-0.1, -0.05) is 24.3 Å². The van der Waals surface area contributed by atoms with Crippen LogP contribution in [0, 0.1) is 0 Å². The molecule has 0 aliphatic rings. The van der Waals surface area contributed by atoms with Crippen LogP contribution in [0.5, 0.6) is 11.5 Å². The Labute approximate surface area is 154 Å². The van der Waals surface area contributed by atoms with E-state index in [1.54, 1.807) is 26.4 Å². The molecule has 4 nitrogen and oxygen atoms in total. The second kappa shape index (κ2) is 7.15. The average molecular weight is 400 g/mol. The molecule has 128 valence electrons. The molecule has 2 aromatic carbocycles. The number of carbonyl (C=O) groups excluding carboxylic acids is 1. The number of para-hydroxylation sites is 1. The molecule has 0 bridgehead atoms. The van der Waals surface area contributed by atoms with Crippen LogP contribution >= 0.6 is 15.9 Å². The van der Waals surface area contributed by atoms with Crippen molar-refractivity contribution < 1.29 is 14.3 Å². The van der Waals surface area contributed by atoms with Crippen LogP contribution < -0.4 is 9.47 Å². The summed E-state index contributed by atoms with van der Waals surface area (Å²) in [4.78, 5) is 12.6. The summed E-state index contributed by atoms with van der Waals surface area (Å²) in [5.41, 5.74) is 2.57. The first kappa shape index (κ1) is 17.3. The molecule has 0 N–H and O–H groups in total. The zero-order valence-corrected chi connectivity index (χ0v) is 15.8. The Balaban J connectivity index is 1.94. The number of benzene rings is 2. The van der Waals surface area contributed by atoms with Gasteiger partial charge in [0.05, 0.1) is 18.7 Å². The number of ketones is 1. The SMILES string of the molecule is COc1cc(/C=C/C(=O)c2cn(C)c3ccccc23)cc(Br)c1OC. The molecule has 0 aliphatic heterocycles. The highest BCUT2D eigenvalue weighted by atomic mass is 79.9. The van der Waals surface area contributed by atoms with Crippen molar-refractivity contribution in [1.29, 1.82) is 0 Å². The van der Waals surface area contributed by atoms with E-state index in [0.29, 0.717) is 17.1 Å². The first-order valence-corrected chi connectivity index (χ1v) is 8.52. The molecule has 0 unspecified atom stereocenters. The molecule has 0 aliphatic carbocycles. The third-order valence-electron chi connectivity index (χ3n) is 4.05. The minimum absolute atomic E-state index is 0.0392. The lowest BCUT2D eigenvalue weighted by molar-refractivity contribution is 0.104. The third kappa shape index (κ3) is 3.33. The largest absolute Gasteiger partial charge is 0.493 e. The number of methoxy groups -OCH3 is 2. The molecule has 25 heavy (non-hydrogen) atoms. The number of ether oxygens (including phenoxy) is 2. The number of aromatic nitrogens is 1. The Kier molecular flexibility index (Phi) is 4.95. The highest BCUT2D eigenvalue weighted by molar-refractivity contribution is 9.10. The lowest BCUT2D eigenvalue weighted by atomic mass is 10.1. The summed E-state index contributed by atoms with van der Waals surface area (Å²) >= 11 is 3.46. The van der Waals surface area contributed by atoms with Gasteiger partial charge >= 0.3 is 0 Å². The quantitative estimate of drug-likeness (QED) is 0.454. The number of carbonyl (C=O) groups is 1. The minimum atomic E-state index is -0.0392. The van der Waals surface area contributed by atoms with Gasteiger partial charge in [-0.2, -0.15) is 0 Å². The number of hydrogen-bond donors (Lipinski definition) is 0. The van der Waals surface area contributed by atoms with Crippen LogP contribution in [-0.2, 0) is 7.05 Å². The maximum absolute atomic E-state index is 12.6. The van der Waals surface area contributed by atoms with Crippen molar-refractivity contribution >= 4 is 38.7 Å². The monoisotopic (exact) mass is 399 g/mol. The van der Waals surface area contributed by atoms with E-state index in [0.717, 1.165) is 20.9 Å². The Morgan fingerprint density at radius 3 is 2.64 bits per heavy atom. The summed E-state index contributed by atoms with van der Waals surface area (Å²) in [6, 6.07) is 11.6. The van der Waals surface area contributed by atoms with E-state index in [1.807, 2.05) is 54.2 Å². The molecule has 0 fully saturated rings. The maximum atomic E-state index is 12.6. The second-order valence-corrected chi connectivity index (χ2v) is 6.46. The van der Waals surface area contributed by atoms with Gasteiger partial charge in [0.15, 0.2) is 17.3 Å². The van der Waals surface area contributed by atoms with Crippen molar-refractivity contribution in [2.75, 3.05) is 14.2 Å². The van der Waals surface area contributed by atoms with Crippen molar-refractivity contribution in [1.82, 2.24) is 4.57 Å². The van der Waals surface area contributed by atoms with Crippen LogP contribution in [0.15, 0.2) is 53.1 Å². The number of halogens is 1. The van der Waals surface area contributed by atoms with E-state index in [4.69, 9.17) is 9.47 Å². The smallest absolute Gasteiger partial charge is 0.188 e. The number of allylic oxidation sites excluding steroid dienone is 1. The lowest BCUT2D eigenvalue weighted by Crippen LogP contribution is -1.94. The normalized spacial score (nSPS) is 11.2. The fourth-order valence-electron chi connectivity index (χ4n) is 2.83. The Bertz CT molecular complexity index is 972. The van der Waals surface area contributed by atoms with Crippen LogP contribution in [0.4, 0.5) is 0 Å². The maximum Gasteiger partial charge on any atom is 0.188 e. The Morgan fingerprint density at radius 2 is 1.92 bits per heavy atom. The van der Waals surface area contributed by atoms with Crippen LogP contribution in [0.3, 0.4) is 0 Å². The molecular formula is C20H18BrNO3. The van der Waals surface area contributed by atoms with Crippen LogP contribution in [0.1, 0.15) is 15.9 Å². The van der Waals surface area contributed by atoms with E-state index in [9.17, 15) is 4.79 Å². The van der Waals surface area contributed by atoms with Gasteiger partial charge in [-0.3, -0.25) is 4.79 Å². The first-order valence-electron chi connectivity index (χ1n) is 7.73. The van der Waals surface area contributed by atoms with Gasteiger partial charge in [0.25, 0.3) is 0 Å². The van der Waals surface area contributed by atoms with Crippen LogP contribution in [0.25, 0.3) is 17.0 Å². The summed E-state index contributed by atoms with van der Waals surface area (Å²) in [6.45, 7) is 0. The third-order valence-corrected chi connectivity index (χ3v) is 4.63. The summed E-state index contributed by atoms with van der Waals surface area (Å²) in [6.07, 6.45) is 5.22.